The standard InChI is InChI=1S/C25H26ClN3O3S/c26-21-10-7-11-22(19-21)28-14-16-29(17-15-28)25(30)24(18-20-8-3-1-4-9-20)27-33(31,32)23-12-5-2-6-13-23/h1-13,19,24,27H,14-18H2. The Hall–Kier alpha value is -2.87. The zero-order valence-corrected chi connectivity index (χ0v) is 19.7. The van der Waals surface area contributed by atoms with Crippen LogP contribution in [0.1, 0.15) is 5.56 Å². The zero-order valence-electron chi connectivity index (χ0n) is 18.1. The molecule has 1 saturated heterocycles. The zero-order chi connectivity index (χ0) is 23.3. The first-order valence-electron chi connectivity index (χ1n) is 10.8. The number of sulfonamides is 1. The summed E-state index contributed by atoms with van der Waals surface area (Å²) in [6.07, 6.45) is 0.278. The maximum absolute atomic E-state index is 13.5. The van der Waals surface area contributed by atoms with E-state index in [-0.39, 0.29) is 17.2 Å². The molecule has 0 aromatic heterocycles. The summed E-state index contributed by atoms with van der Waals surface area (Å²) in [4.78, 5) is 17.5. The molecule has 1 unspecified atom stereocenters. The van der Waals surface area contributed by atoms with Crippen molar-refractivity contribution >= 4 is 33.2 Å². The van der Waals surface area contributed by atoms with Crippen LogP contribution in [0.3, 0.4) is 0 Å². The molecule has 172 valence electrons. The molecule has 6 nitrogen and oxygen atoms in total. The van der Waals surface area contributed by atoms with E-state index in [0.717, 1.165) is 11.3 Å². The smallest absolute Gasteiger partial charge is 0.241 e. The molecule has 4 rings (SSSR count). The van der Waals surface area contributed by atoms with Gasteiger partial charge in [-0.15, -0.1) is 0 Å². The van der Waals surface area contributed by atoms with Crippen molar-refractivity contribution in [3.63, 3.8) is 0 Å². The lowest BCUT2D eigenvalue weighted by Crippen LogP contribution is -2.55. The molecule has 0 bridgehead atoms. The van der Waals surface area contributed by atoms with Crippen LogP contribution in [0.4, 0.5) is 5.69 Å². The molecule has 1 heterocycles. The van der Waals surface area contributed by atoms with E-state index in [0.29, 0.717) is 31.2 Å². The number of halogens is 1. The predicted molar refractivity (Wildman–Crippen MR) is 131 cm³/mol. The second-order valence-electron chi connectivity index (χ2n) is 7.97. The number of rotatable bonds is 7. The number of benzene rings is 3. The molecular formula is C25H26ClN3O3S. The molecule has 1 fully saturated rings. The van der Waals surface area contributed by atoms with Gasteiger partial charge in [0.1, 0.15) is 6.04 Å². The van der Waals surface area contributed by atoms with Crippen LogP contribution in [0.15, 0.2) is 89.8 Å². The van der Waals surface area contributed by atoms with E-state index < -0.39 is 16.1 Å². The number of anilines is 1. The van der Waals surface area contributed by atoms with Crippen molar-refractivity contribution in [3.05, 3.63) is 95.5 Å². The predicted octanol–water partition coefficient (Wildman–Crippen LogP) is 3.58. The summed E-state index contributed by atoms with van der Waals surface area (Å²) in [6.45, 7) is 2.30. The van der Waals surface area contributed by atoms with Crippen LogP contribution in [-0.2, 0) is 21.2 Å². The Bertz CT molecular complexity index is 1180. The first-order valence-corrected chi connectivity index (χ1v) is 12.7. The van der Waals surface area contributed by atoms with Crippen molar-refractivity contribution in [2.24, 2.45) is 0 Å². The van der Waals surface area contributed by atoms with Gasteiger partial charge in [-0.3, -0.25) is 4.79 Å². The lowest BCUT2D eigenvalue weighted by molar-refractivity contribution is -0.133. The molecule has 1 aliphatic rings. The number of carbonyl (C=O) groups is 1. The van der Waals surface area contributed by atoms with Gasteiger partial charge >= 0.3 is 0 Å². The molecule has 33 heavy (non-hydrogen) atoms. The lowest BCUT2D eigenvalue weighted by Gasteiger charge is -2.37. The summed E-state index contributed by atoms with van der Waals surface area (Å²) in [6, 6.07) is 24.3. The number of piperazine rings is 1. The van der Waals surface area contributed by atoms with E-state index in [2.05, 4.69) is 9.62 Å². The van der Waals surface area contributed by atoms with Crippen molar-refractivity contribution in [2.45, 2.75) is 17.4 Å². The van der Waals surface area contributed by atoms with Gasteiger partial charge in [0.25, 0.3) is 0 Å². The van der Waals surface area contributed by atoms with Crippen molar-refractivity contribution in [2.75, 3.05) is 31.1 Å². The maximum atomic E-state index is 13.5. The number of amides is 1. The van der Waals surface area contributed by atoms with E-state index in [1.54, 1.807) is 23.1 Å². The summed E-state index contributed by atoms with van der Waals surface area (Å²) in [5, 5.41) is 0.671. The molecule has 3 aromatic carbocycles. The first-order chi connectivity index (χ1) is 15.9. The molecule has 1 aliphatic heterocycles. The Balaban J connectivity index is 1.50. The molecule has 3 aromatic rings. The minimum atomic E-state index is -3.84. The molecule has 0 saturated carbocycles. The molecular weight excluding hydrogens is 458 g/mol. The largest absolute Gasteiger partial charge is 0.368 e. The Labute approximate surface area is 199 Å². The highest BCUT2D eigenvalue weighted by Crippen LogP contribution is 2.21. The quantitative estimate of drug-likeness (QED) is 0.557. The molecule has 0 radical (unpaired) electrons. The van der Waals surface area contributed by atoms with Crippen LogP contribution < -0.4 is 9.62 Å². The van der Waals surface area contributed by atoms with Gasteiger partial charge < -0.3 is 9.80 Å². The van der Waals surface area contributed by atoms with Crippen LogP contribution in [0.5, 0.6) is 0 Å². The van der Waals surface area contributed by atoms with E-state index in [9.17, 15) is 13.2 Å². The third kappa shape index (κ3) is 5.93. The Morgan fingerprint density at radius 1 is 0.879 bits per heavy atom. The lowest BCUT2D eigenvalue weighted by atomic mass is 10.1. The maximum Gasteiger partial charge on any atom is 0.241 e. The summed E-state index contributed by atoms with van der Waals surface area (Å²) in [5.41, 5.74) is 1.91. The number of hydrogen-bond acceptors (Lipinski definition) is 4. The minimum absolute atomic E-state index is 0.140. The van der Waals surface area contributed by atoms with Gasteiger partial charge in [-0.05, 0) is 42.3 Å². The summed E-state index contributed by atoms with van der Waals surface area (Å²) >= 11 is 6.12. The van der Waals surface area contributed by atoms with Crippen LogP contribution >= 0.6 is 11.6 Å². The number of carbonyl (C=O) groups excluding carboxylic acids is 1. The van der Waals surface area contributed by atoms with Crippen molar-refractivity contribution < 1.29 is 13.2 Å². The highest BCUT2D eigenvalue weighted by Gasteiger charge is 2.31. The van der Waals surface area contributed by atoms with Crippen LogP contribution in [0.25, 0.3) is 0 Å². The third-order valence-corrected chi connectivity index (χ3v) is 7.42. The molecule has 1 N–H and O–H groups in total. The first kappa shape index (κ1) is 23.3. The SMILES string of the molecule is O=C(C(Cc1ccccc1)NS(=O)(=O)c1ccccc1)N1CCN(c2cccc(Cl)c2)CC1. The van der Waals surface area contributed by atoms with E-state index >= 15 is 0 Å². The number of hydrogen-bond donors (Lipinski definition) is 1. The van der Waals surface area contributed by atoms with Crippen molar-refractivity contribution in [3.8, 4) is 0 Å². The fraction of sp³-hybridized carbons (Fsp3) is 0.240. The Morgan fingerprint density at radius 2 is 1.52 bits per heavy atom. The monoisotopic (exact) mass is 483 g/mol. The van der Waals surface area contributed by atoms with Crippen LogP contribution in [0.2, 0.25) is 5.02 Å². The van der Waals surface area contributed by atoms with Gasteiger partial charge in [0.15, 0.2) is 0 Å². The number of nitrogens with zero attached hydrogens (tertiary/aromatic N) is 2. The summed E-state index contributed by atoms with van der Waals surface area (Å²) < 4.78 is 28.6. The average Bonchev–Trinajstić information content (AvgIpc) is 2.84. The van der Waals surface area contributed by atoms with Crippen molar-refractivity contribution in [1.82, 2.24) is 9.62 Å². The van der Waals surface area contributed by atoms with Gasteiger partial charge in [0, 0.05) is 36.9 Å². The molecule has 0 spiro atoms. The highest BCUT2D eigenvalue weighted by molar-refractivity contribution is 7.89. The van der Waals surface area contributed by atoms with Crippen LogP contribution in [-0.4, -0.2) is 51.4 Å². The fourth-order valence-corrected chi connectivity index (χ4v) is 5.36. The highest BCUT2D eigenvalue weighted by atomic mass is 35.5. The second-order valence-corrected chi connectivity index (χ2v) is 10.1. The summed E-state index contributed by atoms with van der Waals surface area (Å²) in [7, 11) is -3.84. The molecule has 8 heteroatoms. The Kier molecular flexibility index (Phi) is 7.33. The third-order valence-electron chi connectivity index (χ3n) is 5.70. The van der Waals surface area contributed by atoms with E-state index in [1.165, 1.54) is 12.1 Å². The molecule has 1 amide bonds. The normalized spacial score (nSPS) is 15.3. The summed E-state index contributed by atoms with van der Waals surface area (Å²) in [5.74, 6) is -0.218. The number of nitrogens with one attached hydrogen (secondary N) is 1. The Morgan fingerprint density at radius 3 is 2.15 bits per heavy atom. The van der Waals surface area contributed by atoms with Gasteiger partial charge in [-0.1, -0.05) is 66.2 Å². The second kappa shape index (κ2) is 10.4. The minimum Gasteiger partial charge on any atom is -0.368 e. The van der Waals surface area contributed by atoms with E-state index in [1.807, 2.05) is 54.6 Å². The fourth-order valence-electron chi connectivity index (χ4n) is 3.96. The van der Waals surface area contributed by atoms with Gasteiger partial charge in [-0.25, -0.2) is 8.42 Å². The van der Waals surface area contributed by atoms with Gasteiger partial charge in [0.05, 0.1) is 4.90 Å². The average molecular weight is 484 g/mol. The molecule has 0 aliphatic carbocycles. The van der Waals surface area contributed by atoms with Gasteiger partial charge in [0.2, 0.25) is 15.9 Å². The van der Waals surface area contributed by atoms with E-state index in [4.69, 9.17) is 11.6 Å². The molecule has 1 atom stereocenters. The topological polar surface area (TPSA) is 69.7 Å². The van der Waals surface area contributed by atoms with Crippen molar-refractivity contribution in [1.29, 1.82) is 0 Å². The van der Waals surface area contributed by atoms with Crippen LogP contribution in [0, 0.1) is 0 Å². The van der Waals surface area contributed by atoms with Gasteiger partial charge in [-0.2, -0.15) is 4.72 Å².